The largest absolute Gasteiger partial charge is 0.497 e. The van der Waals surface area contributed by atoms with E-state index in [2.05, 4.69) is 14.8 Å². The van der Waals surface area contributed by atoms with Crippen LogP contribution in [-0.2, 0) is 6.42 Å². The molecule has 1 aliphatic heterocycles. The average Bonchev–Trinajstić information content (AvgIpc) is 2.92. The number of hydrogen-bond donors (Lipinski definition) is 1. The molecule has 0 radical (unpaired) electrons. The van der Waals surface area contributed by atoms with E-state index in [0.717, 1.165) is 79.7 Å². The molecule has 3 aromatic rings. The quantitative estimate of drug-likeness (QED) is 0.343. The summed E-state index contributed by atoms with van der Waals surface area (Å²) in [6.07, 6.45) is 6.33. The predicted molar refractivity (Wildman–Crippen MR) is 143 cm³/mol. The van der Waals surface area contributed by atoms with Crippen LogP contribution in [0.4, 0.5) is 18.9 Å². The van der Waals surface area contributed by atoms with Crippen molar-refractivity contribution in [3.05, 3.63) is 59.5 Å². The lowest BCUT2D eigenvalue weighted by atomic mass is 9.75. The Bertz CT molecular complexity index is 1220. The van der Waals surface area contributed by atoms with Crippen molar-refractivity contribution in [2.75, 3.05) is 59.0 Å². The zero-order chi connectivity index (χ0) is 27.3. The van der Waals surface area contributed by atoms with Gasteiger partial charge in [0, 0.05) is 44.8 Å². The lowest BCUT2D eigenvalue weighted by molar-refractivity contribution is 0.0316. The summed E-state index contributed by atoms with van der Waals surface area (Å²) in [5.74, 6) is -3.25. The topological polar surface area (TPSA) is 58.1 Å². The molecule has 1 aliphatic rings. The number of ether oxygens (including phenoxy) is 2. The summed E-state index contributed by atoms with van der Waals surface area (Å²) in [4.78, 5) is 8.92. The second kappa shape index (κ2) is 12.2. The number of benzene rings is 2. The van der Waals surface area contributed by atoms with Gasteiger partial charge in [-0.3, -0.25) is 9.88 Å². The number of fused-ring (bicyclic) bond motifs is 1. The lowest BCUT2D eigenvalue weighted by Crippen LogP contribution is -2.43. The van der Waals surface area contributed by atoms with Gasteiger partial charge in [0.05, 0.1) is 24.5 Å². The smallest absolute Gasteiger partial charge is 0.194 e. The van der Waals surface area contributed by atoms with Gasteiger partial charge in [-0.15, -0.1) is 0 Å². The highest BCUT2D eigenvalue weighted by Crippen LogP contribution is 2.38. The van der Waals surface area contributed by atoms with Crippen LogP contribution in [0.15, 0.2) is 36.5 Å². The maximum atomic E-state index is 13.4. The zero-order valence-electron chi connectivity index (χ0n) is 22.3. The standard InChI is InChI=1S/C29H36F3N3O3/c1-34(2)27-18-33-26-7-6-20(37-3)15-23(26)22(27)5-4-8-29(19-36)9-11-35(12-10-29)13-14-38-21-16-24(30)28(32)25(31)17-21/h6-7,15-18,36H,4-5,8-14,19H2,1-3H3. The van der Waals surface area contributed by atoms with Crippen molar-refractivity contribution in [3.63, 3.8) is 0 Å². The minimum Gasteiger partial charge on any atom is -0.497 e. The molecule has 0 aliphatic carbocycles. The van der Waals surface area contributed by atoms with Crippen molar-refractivity contribution >= 4 is 16.6 Å². The van der Waals surface area contributed by atoms with Gasteiger partial charge in [-0.2, -0.15) is 0 Å². The van der Waals surface area contributed by atoms with Crippen LogP contribution in [0.5, 0.6) is 11.5 Å². The fraction of sp³-hybridized carbons (Fsp3) is 0.483. The number of rotatable bonds is 11. The fourth-order valence-corrected chi connectivity index (χ4v) is 5.28. The van der Waals surface area contributed by atoms with E-state index in [0.29, 0.717) is 6.54 Å². The first-order chi connectivity index (χ1) is 18.2. The zero-order valence-corrected chi connectivity index (χ0v) is 22.3. The number of aliphatic hydroxyl groups excluding tert-OH is 1. The molecule has 206 valence electrons. The molecule has 0 bridgehead atoms. The monoisotopic (exact) mass is 531 g/mol. The number of aliphatic hydroxyl groups is 1. The first kappa shape index (κ1) is 28.0. The van der Waals surface area contributed by atoms with E-state index < -0.39 is 17.5 Å². The Labute approximate surface area is 222 Å². The van der Waals surface area contributed by atoms with Crippen LogP contribution in [0.2, 0.25) is 0 Å². The lowest BCUT2D eigenvalue weighted by Gasteiger charge is -2.41. The Morgan fingerprint density at radius 3 is 2.39 bits per heavy atom. The highest BCUT2D eigenvalue weighted by Gasteiger charge is 2.33. The minimum absolute atomic E-state index is 0.0264. The second-order valence-electron chi connectivity index (χ2n) is 10.3. The van der Waals surface area contributed by atoms with Crippen LogP contribution >= 0.6 is 0 Å². The van der Waals surface area contributed by atoms with Crippen LogP contribution in [0.3, 0.4) is 0 Å². The number of aryl methyl sites for hydroxylation is 1. The van der Waals surface area contributed by atoms with E-state index in [1.165, 1.54) is 5.56 Å². The van der Waals surface area contributed by atoms with Crippen LogP contribution in [0.1, 0.15) is 31.2 Å². The fourth-order valence-electron chi connectivity index (χ4n) is 5.28. The van der Waals surface area contributed by atoms with Gasteiger partial charge in [-0.05, 0) is 74.4 Å². The number of pyridine rings is 1. The van der Waals surface area contributed by atoms with Gasteiger partial charge in [0.1, 0.15) is 18.1 Å². The molecular formula is C29H36F3N3O3. The Kier molecular flexibility index (Phi) is 8.99. The molecular weight excluding hydrogens is 495 g/mol. The molecule has 0 atom stereocenters. The molecule has 0 amide bonds. The molecule has 38 heavy (non-hydrogen) atoms. The summed E-state index contributed by atoms with van der Waals surface area (Å²) in [7, 11) is 5.70. The molecule has 1 N–H and O–H groups in total. The van der Waals surface area contributed by atoms with Crippen molar-refractivity contribution in [2.24, 2.45) is 5.41 Å². The van der Waals surface area contributed by atoms with Gasteiger partial charge >= 0.3 is 0 Å². The summed E-state index contributed by atoms with van der Waals surface area (Å²) >= 11 is 0. The van der Waals surface area contributed by atoms with E-state index in [-0.39, 0.29) is 24.4 Å². The molecule has 0 unspecified atom stereocenters. The molecule has 1 saturated heterocycles. The van der Waals surface area contributed by atoms with Crippen LogP contribution in [0.25, 0.3) is 10.9 Å². The minimum atomic E-state index is -1.50. The number of likely N-dealkylation sites (tertiary alicyclic amines) is 1. The van der Waals surface area contributed by atoms with Crippen LogP contribution in [0, 0.1) is 22.9 Å². The molecule has 2 heterocycles. The second-order valence-corrected chi connectivity index (χ2v) is 10.3. The number of methoxy groups -OCH3 is 1. The molecule has 1 fully saturated rings. The maximum absolute atomic E-state index is 13.4. The number of piperidine rings is 1. The third kappa shape index (κ3) is 6.32. The maximum Gasteiger partial charge on any atom is 0.194 e. The summed E-state index contributed by atoms with van der Waals surface area (Å²) in [6.45, 7) is 2.56. The molecule has 0 saturated carbocycles. The SMILES string of the molecule is COc1ccc2ncc(N(C)C)c(CCCC3(CO)CCN(CCOc4cc(F)c(F)c(F)c4)CC3)c2c1. The molecule has 2 aromatic carbocycles. The van der Waals surface area contributed by atoms with Gasteiger partial charge in [0.2, 0.25) is 0 Å². The molecule has 6 nitrogen and oxygen atoms in total. The number of anilines is 1. The first-order valence-electron chi connectivity index (χ1n) is 13.0. The highest BCUT2D eigenvalue weighted by molar-refractivity contribution is 5.88. The Morgan fingerprint density at radius 2 is 1.76 bits per heavy atom. The van der Waals surface area contributed by atoms with Crippen molar-refractivity contribution in [1.82, 2.24) is 9.88 Å². The van der Waals surface area contributed by atoms with Crippen LogP contribution < -0.4 is 14.4 Å². The van der Waals surface area contributed by atoms with Crippen molar-refractivity contribution in [3.8, 4) is 11.5 Å². The van der Waals surface area contributed by atoms with Gasteiger partial charge in [0.25, 0.3) is 0 Å². The third-order valence-corrected chi connectivity index (χ3v) is 7.67. The predicted octanol–water partition coefficient (Wildman–Crippen LogP) is 5.20. The van der Waals surface area contributed by atoms with Gasteiger partial charge in [-0.1, -0.05) is 0 Å². The number of halogens is 3. The van der Waals surface area contributed by atoms with Crippen molar-refractivity contribution in [1.29, 1.82) is 0 Å². The number of hydrogen-bond acceptors (Lipinski definition) is 6. The Balaban J connectivity index is 1.33. The molecule has 0 spiro atoms. The highest BCUT2D eigenvalue weighted by atomic mass is 19.2. The van der Waals surface area contributed by atoms with Gasteiger partial charge in [0.15, 0.2) is 17.5 Å². The normalized spacial score (nSPS) is 15.6. The molecule has 4 rings (SSSR count). The number of aromatic nitrogens is 1. The summed E-state index contributed by atoms with van der Waals surface area (Å²) in [6, 6.07) is 7.66. The number of nitrogens with zero attached hydrogens (tertiary/aromatic N) is 3. The van der Waals surface area contributed by atoms with Crippen LogP contribution in [-0.4, -0.2) is 69.0 Å². The van der Waals surface area contributed by atoms with E-state index in [9.17, 15) is 18.3 Å². The van der Waals surface area contributed by atoms with Crippen molar-refractivity contribution in [2.45, 2.75) is 32.1 Å². The Morgan fingerprint density at radius 1 is 1.05 bits per heavy atom. The first-order valence-corrected chi connectivity index (χ1v) is 13.0. The van der Waals surface area contributed by atoms with E-state index in [4.69, 9.17) is 9.47 Å². The summed E-state index contributed by atoms with van der Waals surface area (Å²) in [5.41, 5.74) is 3.11. The van der Waals surface area contributed by atoms with E-state index in [1.54, 1.807) is 7.11 Å². The third-order valence-electron chi connectivity index (χ3n) is 7.67. The van der Waals surface area contributed by atoms with Gasteiger partial charge < -0.3 is 19.5 Å². The molecule has 1 aromatic heterocycles. The van der Waals surface area contributed by atoms with Crippen molar-refractivity contribution < 1.29 is 27.8 Å². The van der Waals surface area contributed by atoms with Gasteiger partial charge in [-0.25, -0.2) is 13.2 Å². The molecule has 9 heteroatoms. The Hall–Kier alpha value is -3.04. The van der Waals surface area contributed by atoms with E-state index in [1.807, 2.05) is 38.5 Å². The average molecular weight is 532 g/mol. The summed E-state index contributed by atoms with van der Waals surface area (Å²) < 4.78 is 50.8. The summed E-state index contributed by atoms with van der Waals surface area (Å²) in [5, 5.41) is 11.4. The van der Waals surface area contributed by atoms with E-state index >= 15 is 0 Å².